The third-order valence-electron chi connectivity index (χ3n) is 2.83. The minimum absolute atomic E-state index is 0.121. The van der Waals surface area contributed by atoms with E-state index in [1.54, 1.807) is 25.6 Å². The average Bonchev–Trinajstić information content (AvgIpc) is 2.94. The van der Waals surface area contributed by atoms with Crippen molar-refractivity contribution in [1.29, 1.82) is 0 Å². The molecule has 2 atom stereocenters. The monoisotopic (exact) mass is 243 g/mol. The van der Waals surface area contributed by atoms with E-state index in [-0.39, 0.29) is 12.2 Å². The summed E-state index contributed by atoms with van der Waals surface area (Å²) in [5.74, 6) is 0. The van der Waals surface area contributed by atoms with E-state index in [2.05, 4.69) is 9.88 Å². The Balaban J connectivity index is 2.06. The van der Waals surface area contributed by atoms with E-state index >= 15 is 0 Å². The molecule has 1 saturated heterocycles. The molecule has 16 heavy (non-hydrogen) atoms. The Hall–Kier alpha value is -0.690. The third kappa shape index (κ3) is 2.20. The van der Waals surface area contributed by atoms with Gasteiger partial charge >= 0.3 is 0 Å². The zero-order valence-corrected chi connectivity index (χ0v) is 10.4. The summed E-state index contributed by atoms with van der Waals surface area (Å²) < 4.78 is 10.8. The summed E-state index contributed by atoms with van der Waals surface area (Å²) in [5.41, 5.74) is 5.57. The van der Waals surface area contributed by atoms with Crippen LogP contribution < -0.4 is 10.6 Å². The van der Waals surface area contributed by atoms with Crippen molar-refractivity contribution in [1.82, 2.24) is 4.98 Å². The highest BCUT2D eigenvalue weighted by Gasteiger charge is 2.34. The molecule has 5 nitrogen and oxygen atoms in total. The van der Waals surface area contributed by atoms with Crippen molar-refractivity contribution in [2.75, 3.05) is 32.2 Å². The van der Waals surface area contributed by atoms with Crippen LogP contribution in [-0.4, -0.2) is 44.5 Å². The van der Waals surface area contributed by atoms with Crippen molar-refractivity contribution in [3.8, 4) is 0 Å². The van der Waals surface area contributed by atoms with Gasteiger partial charge in [0.05, 0.1) is 0 Å². The van der Waals surface area contributed by atoms with Crippen molar-refractivity contribution < 1.29 is 9.47 Å². The second-order valence-electron chi connectivity index (χ2n) is 3.77. The smallest absolute Gasteiger partial charge is 0.185 e. The first-order chi connectivity index (χ1) is 7.78. The lowest BCUT2D eigenvalue weighted by Crippen LogP contribution is -2.27. The molecule has 0 amide bonds. The third-order valence-corrected chi connectivity index (χ3v) is 3.91. The van der Waals surface area contributed by atoms with Gasteiger partial charge in [0, 0.05) is 44.9 Å². The summed E-state index contributed by atoms with van der Waals surface area (Å²) in [5, 5.41) is 1.00. The molecular formula is C10H17N3O2S. The molecule has 1 aromatic heterocycles. The SMILES string of the molecule is COC1CN(c2ncc(CN)s2)CC1OC. The summed E-state index contributed by atoms with van der Waals surface area (Å²) >= 11 is 1.63. The van der Waals surface area contributed by atoms with E-state index in [0.717, 1.165) is 23.1 Å². The van der Waals surface area contributed by atoms with E-state index in [9.17, 15) is 0 Å². The van der Waals surface area contributed by atoms with Crippen molar-refractivity contribution in [3.05, 3.63) is 11.1 Å². The average molecular weight is 243 g/mol. The van der Waals surface area contributed by atoms with Gasteiger partial charge in [0.15, 0.2) is 5.13 Å². The molecule has 0 bridgehead atoms. The van der Waals surface area contributed by atoms with Crippen LogP contribution in [0.4, 0.5) is 5.13 Å². The molecular weight excluding hydrogens is 226 g/mol. The Labute approximate surface area is 99.2 Å². The number of anilines is 1. The number of rotatable bonds is 4. The van der Waals surface area contributed by atoms with E-state index in [4.69, 9.17) is 15.2 Å². The maximum absolute atomic E-state index is 5.57. The van der Waals surface area contributed by atoms with Crippen molar-refractivity contribution in [3.63, 3.8) is 0 Å². The second-order valence-corrected chi connectivity index (χ2v) is 4.86. The Morgan fingerprint density at radius 3 is 2.50 bits per heavy atom. The van der Waals surface area contributed by atoms with Gasteiger partial charge < -0.3 is 20.1 Å². The normalized spacial score (nSPS) is 25.3. The first-order valence-electron chi connectivity index (χ1n) is 5.23. The van der Waals surface area contributed by atoms with E-state index < -0.39 is 0 Å². The van der Waals surface area contributed by atoms with Crippen LogP contribution in [0.1, 0.15) is 4.88 Å². The Morgan fingerprint density at radius 1 is 1.44 bits per heavy atom. The van der Waals surface area contributed by atoms with Gasteiger partial charge in [-0.05, 0) is 0 Å². The largest absolute Gasteiger partial charge is 0.377 e. The fraction of sp³-hybridized carbons (Fsp3) is 0.700. The van der Waals surface area contributed by atoms with E-state index in [1.165, 1.54) is 0 Å². The highest BCUT2D eigenvalue weighted by molar-refractivity contribution is 7.15. The molecule has 0 aliphatic carbocycles. The van der Waals surface area contributed by atoms with Gasteiger partial charge in [-0.15, -0.1) is 11.3 Å². The highest BCUT2D eigenvalue weighted by atomic mass is 32.1. The van der Waals surface area contributed by atoms with Crippen LogP contribution in [0.15, 0.2) is 6.20 Å². The molecule has 0 spiro atoms. The fourth-order valence-corrected chi connectivity index (χ4v) is 2.70. The summed E-state index contributed by atoms with van der Waals surface area (Å²) in [6.07, 6.45) is 2.08. The molecule has 0 radical (unpaired) electrons. The van der Waals surface area contributed by atoms with Gasteiger partial charge in [0.1, 0.15) is 12.2 Å². The van der Waals surface area contributed by atoms with Crippen molar-refractivity contribution in [2.24, 2.45) is 5.73 Å². The van der Waals surface area contributed by atoms with Gasteiger partial charge in [-0.2, -0.15) is 0 Å². The number of nitrogens with two attached hydrogens (primary N) is 1. The Bertz CT molecular complexity index is 333. The zero-order chi connectivity index (χ0) is 11.5. The Kier molecular flexibility index (Phi) is 3.75. The second kappa shape index (κ2) is 5.09. The maximum atomic E-state index is 5.57. The lowest BCUT2D eigenvalue weighted by atomic mass is 10.3. The Morgan fingerprint density at radius 2 is 2.06 bits per heavy atom. The highest BCUT2D eigenvalue weighted by Crippen LogP contribution is 2.27. The lowest BCUT2D eigenvalue weighted by Gasteiger charge is -2.13. The number of methoxy groups -OCH3 is 2. The summed E-state index contributed by atoms with van der Waals surface area (Å²) in [4.78, 5) is 7.65. The lowest BCUT2D eigenvalue weighted by molar-refractivity contribution is -0.00461. The van der Waals surface area contributed by atoms with Crippen LogP contribution in [0, 0.1) is 0 Å². The van der Waals surface area contributed by atoms with Crippen LogP contribution in [0.3, 0.4) is 0 Å². The van der Waals surface area contributed by atoms with E-state index in [0.29, 0.717) is 6.54 Å². The molecule has 1 aromatic rings. The molecule has 2 N–H and O–H groups in total. The summed E-state index contributed by atoms with van der Waals surface area (Å²) in [7, 11) is 3.43. The fourth-order valence-electron chi connectivity index (χ4n) is 1.89. The predicted octanol–water partition coefficient (Wildman–Crippen LogP) is 0.452. The van der Waals surface area contributed by atoms with Crippen LogP contribution in [0.25, 0.3) is 0 Å². The first-order valence-corrected chi connectivity index (χ1v) is 6.05. The standard InChI is InChI=1S/C10H17N3O2S/c1-14-8-5-13(6-9(8)15-2)10-12-4-7(3-11)16-10/h4,8-9H,3,5-6,11H2,1-2H3. The molecule has 0 aromatic carbocycles. The number of nitrogens with zero attached hydrogens (tertiary/aromatic N) is 2. The molecule has 1 aliphatic heterocycles. The zero-order valence-electron chi connectivity index (χ0n) is 9.55. The number of hydrogen-bond acceptors (Lipinski definition) is 6. The van der Waals surface area contributed by atoms with E-state index in [1.807, 2.05) is 6.20 Å². The molecule has 6 heteroatoms. The summed E-state index contributed by atoms with van der Waals surface area (Å²) in [6, 6.07) is 0. The molecule has 1 aliphatic rings. The van der Waals surface area contributed by atoms with Gasteiger partial charge in [-0.25, -0.2) is 4.98 Å². The predicted molar refractivity (Wildman–Crippen MR) is 63.8 cm³/mol. The minimum atomic E-state index is 0.121. The van der Waals surface area contributed by atoms with Crippen LogP contribution in [-0.2, 0) is 16.0 Å². The van der Waals surface area contributed by atoms with Crippen molar-refractivity contribution in [2.45, 2.75) is 18.8 Å². The molecule has 1 fully saturated rings. The molecule has 90 valence electrons. The molecule has 2 rings (SSSR count). The van der Waals surface area contributed by atoms with Crippen LogP contribution >= 0.6 is 11.3 Å². The molecule has 2 heterocycles. The van der Waals surface area contributed by atoms with Crippen LogP contribution in [0.2, 0.25) is 0 Å². The molecule has 2 unspecified atom stereocenters. The number of thiazole rings is 1. The minimum Gasteiger partial charge on any atom is -0.377 e. The van der Waals surface area contributed by atoms with Gasteiger partial charge in [-0.3, -0.25) is 0 Å². The van der Waals surface area contributed by atoms with Gasteiger partial charge in [-0.1, -0.05) is 0 Å². The summed E-state index contributed by atoms with van der Waals surface area (Å²) in [6.45, 7) is 2.20. The van der Waals surface area contributed by atoms with Crippen molar-refractivity contribution >= 4 is 16.5 Å². The maximum Gasteiger partial charge on any atom is 0.185 e. The first kappa shape index (κ1) is 11.8. The number of aromatic nitrogens is 1. The molecule has 0 saturated carbocycles. The number of ether oxygens (including phenoxy) is 2. The van der Waals surface area contributed by atoms with Crippen LogP contribution in [0.5, 0.6) is 0 Å². The quantitative estimate of drug-likeness (QED) is 0.832. The number of hydrogen-bond donors (Lipinski definition) is 1. The van der Waals surface area contributed by atoms with Gasteiger partial charge in [0.25, 0.3) is 0 Å². The topological polar surface area (TPSA) is 60.6 Å². The van der Waals surface area contributed by atoms with Gasteiger partial charge in [0.2, 0.25) is 0 Å².